The zero-order chi connectivity index (χ0) is 13.7. The lowest BCUT2D eigenvalue weighted by molar-refractivity contribution is -0.137. The van der Waals surface area contributed by atoms with Gasteiger partial charge >= 0.3 is 5.97 Å². The zero-order valence-electron chi connectivity index (χ0n) is 11.4. The average molecular weight is 268 g/mol. The Kier molecular flexibility index (Phi) is 5.19. The fourth-order valence-corrected chi connectivity index (χ4v) is 2.68. The standard InChI is InChI=1S/C14H24N2O3/c17-13(7-8-15-12-4-5-12)16-9-1-2-11(10-16)3-6-14(18)19/h11-12,15H,1-10H2,(H,18,19). The summed E-state index contributed by atoms with van der Waals surface area (Å²) < 4.78 is 0. The van der Waals surface area contributed by atoms with Crippen molar-refractivity contribution in [1.82, 2.24) is 10.2 Å². The van der Waals surface area contributed by atoms with E-state index >= 15 is 0 Å². The van der Waals surface area contributed by atoms with Crippen molar-refractivity contribution in [3.8, 4) is 0 Å². The van der Waals surface area contributed by atoms with Gasteiger partial charge in [-0.2, -0.15) is 0 Å². The molecule has 0 spiro atoms. The van der Waals surface area contributed by atoms with Crippen LogP contribution >= 0.6 is 0 Å². The number of piperidine rings is 1. The van der Waals surface area contributed by atoms with Gasteiger partial charge in [-0.1, -0.05) is 0 Å². The number of nitrogens with one attached hydrogen (secondary N) is 1. The van der Waals surface area contributed by atoms with E-state index in [1.807, 2.05) is 4.90 Å². The first-order valence-corrected chi connectivity index (χ1v) is 7.38. The molecule has 5 nitrogen and oxygen atoms in total. The van der Waals surface area contributed by atoms with Gasteiger partial charge in [-0.25, -0.2) is 0 Å². The molecular weight excluding hydrogens is 244 g/mol. The highest BCUT2D eigenvalue weighted by Gasteiger charge is 2.25. The molecule has 1 aliphatic heterocycles. The maximum Gasteiger partial charge on any atom is 0.303 e. The third-order valence-electron chi connectivity index (χ3n) is 3.99. The molecule has 19 heavy (non-hydrogen) atoms. The van der Waals surface area contributed by atoms with Gasteiger partial charge in [0.25, 0.3) is 0 Å². The average Bonchev–Trinajstić information content (AvgIpc) is 3.21. The van der Waals surface area contributed by atoms with Crippen molar-refractivity contribution in [1.29, 1.82) is 0 Å². The summed E-state index contributed by atoms with van der Waals surface area (Å²) in [5, 5.41) is 12.1. The number of nitrogens with zero attached hydrogens (tertiary/aromatic N) is 1. The number of likely N-dealkylation sites (tertiary alicyclic amines) is 1. The lowest BCUT2D eigenvalue weighted by Gasteiger charge is -2.32. The molecule has 0 radical (unpaired) electrons. The lowest BCUT2D eigenvalue weighted by Crippen LogP contribution is -2.41. The summed E-state index contributed by atoms with van der Waals surface area (Å²) in [5.74, 6) is -0.157. The van der Waals surface area contributed by atoms with Crippen LogP contribution in [0.1, 0.15) is 44.9 Å². The Morgan fingerprint density at radius 1 is 1.21 bits per heavy atom. The van der Waals surface area contributed by atoms with Gasteiger partial charge in [-0.15, -0.1) is 0 Å². The second-order valence-electron chi connectivity index (χ2n) is 5.76. The molecule has 0 aromatic rings. The van der Waals surface area contributed by atoms with E-state index in [4.69, 9.17) is 5.11 Å². The number of hydrogen-bond donors (Lipinski definition) is 2. The van der Waals surface area contributed by atoms with Crippen LogP contribution in [-0.2, 0) is 9.59 Å². The Bertz CT molecular complexity index is 329. The fraction of sp³-hybridized carbons (Fsp3) is 0.857. The highest BCUT2D eigenvalue weighted by molar-refractivity contribution is 5.76. The number of carbonyl (C=O) groups excluding carboxylic acids is 1. The summed E-state index contributed by atoms with van der Waals surface area (Å²) in [4.78, 5) is 24.6. The van der Waals surface area contributed by atoms with Crippen molar-refractivity contribution in [2.75, 3.05) is 19.6 Å². The van der Waals surface area contributed by atoms with E-state index in [1.54, 1.807) is 0 Å². The molecule has 1 unspecified atom stereocenters. The van der Waals surface area contributed by atoms with Crippen LogP contribution < -0.4 is 5.32 Å². The molecule has 1 saturated heterocycles. The Balaban J connectivity index is 1.66. The van der Waals surface area contributed by atoms with Crippen LogP contribution in [0.25, 0.3) is 0 Å². The molecule has 1 heterocycles. The number of amides is 1. The van der Waals surface area contributed by atoms with Crippen molar-refractivity contribution in [3.63, 3.8) is 0 Å². The number of carboxylic acid groups (broad SMARTS) is 1. The molecule has 1 aliphatic carbocycles. The SMILES string of the molecule is O=C(O)CCC1CCCN(C(=O)CCNC2CC2)C1. The van der Waals surface area contributed by atoms with E-state index in [0.29, 0.717) is 24.8 Å². The van der Waals surface area contributed by atoms with Crippen molar-refractivity contribution in [2.45, 2.75) is 51.0 Å². The number of carboxylic acids is 1. The predicted molar refractivity (Wildman–Crippen MR) is 71.8 cm³/mol. The predicted octanol–water partition coefficient (Wildman–Crippen LogP) is 1.23. The van der Waals surface area contributed by atoms with E-state index < -0.39 is 5.97 Å². The van der Waals surface area contributed by atoms with E-state index in [0.717, 1.165) is 32.5 Å². The van der Waals surface area contributed by atoms with Crippen molar-refractivity contribution < 1.29 is 14.7 Å². The monoisotopic (exact) mass is 268 g/mol. The summed E-state index contributed by atoms with van der Waals surface area (Å²) in [6, 6.07) is 0.650. The van der Waals surface area contributed by atoms with Crippen molar-refractivity contribution in [2.24, 2.45) is 5.92 Å². The Morgan fingerprint density at radius 2 is 2.00 bits per heavy atom. The molecule has 2 fully saturated rings. The van der Waals surface area contributed by atoms with E-state index in [2.05, 4.69) is 5.32 Å². The molecule has 2 aliphatic rings. The van der Waals surface area contributed by atoms with Crippen LogP contribution in [0.3, 0.4) is 0 Å². The third kappa shape index (κ3) is 5.19. The minimum atomic E-state index is -0.739. The van der Waals surface area contributed by atoms with Gasteiger partial charge in [0.1, 0.15) is 0 Å². The number of carbonyl (C=O) groups is 2. The zero-order valence-corrected chi connectivity index (χ0v) is 11.4. The maximum absolute atomic E-state index is 12.1. The third-order valence-corrected chi connectivity index (χ3v) is 3.99. The van der Waals surface area contributed by atoms with Crippen LogP contribution in [0.4, 0.5) is 0 Å². The summed E-state index contributed by atoms with van der Waals surface area (Å²) in [6.45, 7) is 2.36. The molecule has 1 saturated carbocycles. The smallest absolute Gasteiger partial charge is 0.303 e. The minimum Gasteiger partial charge on any atom is -0.481 e. The largest absolute Gasteiger partial charge is 0.481 e. The van der Waals surface area contributed by atoms with E-state index in [1.165, 1.54) is 12.8 Å². The Morgan fingerprint density at radius 3 is 2.68 bits per heavy atom. The number of aliphatic carboxylic acids is 1. The second kappa shape index (κ2) is 6.89. The van der Waals surface area contributed by atoms with Crippen LogP contribution in [0.15, 0.2) is 0 Å². The minimum absolute atomic E-state index is 0.216. The van der Waals surface area contributed by atoms with Gasteiger partial charge in [-0.05, 0) is 38.0 Å². The molecule has 0 aromatic heterocycles. The van der Waals surface area contributed by atoms with Crippen LogP contribution in [-0.4, -0.2) is 47.6 Å². The Labute approximate surface area is 114 Å². The first-order chi connectivity index (χ1) is 9.15. The summed E-state index contributed by atoms with van der Waals surface area (Å²) in [6.07, 6.45) is 6.03. The van der Waals surface area contributed by atoms with Gasteiger partial charge < -0.3 is 15.3 Å². The normalized spacial score (nSPS) is 23.4. The molecule has 0 aromatic carbocycles. The summed E-state index contributed by atoms with van der Waals surface area (Å²) >= 11 is 0. The quantitative estimate of drug-likeness (QED) is 0.728. The van der Waals surface area contributed by atoms with Gasteiger partial charge in [0.05, 0.1) is 0 Å². The highest BCUT2D eigenvalue weighted by atomic mass is 16.4. The van der Waals surface area contributed by atoms with Crippen molar-refractivity contribution in [3.05, 3.63) is 0 Å². The molecule has 0 bridgehead atoms. The topological polar surface area (TPSA) is 69.6 Å². The summed E-state index contributed by atoms with van der Waals surface area (Å²) in [5.41, 5.74) is 0. The van der Waals surface area contributed by atoms with Crippen LogP contribution in [0, 0.1) is 5.92 Å². The molecule has 5 heteroatoms. The van der Waals surface area contributed by atoms with E-state index in [9.17, 15) is 9.59 Å². The molecule has 2 rings (SSSR count). The number of hydrogen-bond acceptors (Lipinski definition) is 3. The van der Waals surface area contributed by atoms with Crippen LogP contribution in [0.5, 0.6) is 0 Å². The van der Waals surface area contributed by atoms with Gasteiger partial charge in [0.15, 0.2) is 0 Å². The molecule has 1 atom stereocenters. The molecule has 108 valence electrons. The van der Waals surface area contributed by atoms with Gasteiger partial charge in [0, 0.05) is 38.5 Å². The highest BCUT2D eigenvalue weighted by Crippen LogP contribution is 2.22. The first-order valence-electron chi connectivity index (χ1n) is 7.38. The lowest BCUT2D eigenvalue weighted by atomic mass is 9.93. The second-order valence-corrected chi connectivity index (χ2v) is 5.76. The molecular formula is C14H24N2O3. The van der Waals surface area contributed by atoms with E-state index in [-0.39, 0.29) is 12.3 Å². The number of rotatable bonds is 7. The molecule has 1 amide bonds. The Hall–Kier alpha value is -1.10. The molecule has 2 N–H and O–H groups in total. The first kappa shape index (κ1) is 14.3. The van der Waals surface area contributed by atoms with Gasteiger partial charge in [-0.3, -0.25) is 9.59 Å². The maximum atomic E-state index is 12.1. The van der Waals surface area contributed by atoms with Crippen LogP contribution in [0.2, 0.25) is 0 Å². The van der Waals surface area contributed by atoms with Crippen molar-refractivity contribution >= 4 is 11.9 Å². The fourth-order valence-electron chi connectivity index (χ4n) is 2.68. The summed E-state index contributed by atoms with van der Waals surface area (Å²) in [7, 11) is 0. The van der Waals surface area contributed by atoms with Gasteiger partial charge in [0.2, 0.25) is 5.91 Å².